The van der Waals surface area contributed by atoms with Crippen molar-refractivity contribution < 1.29 is 41.0 Å². The van der Waals surface area contributed by atoms with Crippen LogP contribution in [0.15, 0.2) is 60.1 Å². The molecule has 0 radical (unpaired) electrons. The number of nitrogen functional groups attached to an aromatic ring is 1. The Morgan fingerprint density at radius 1 is 0.797 bits per heavy atom. The van der Waals surface area contributed by atoms with Crippen molar-refractivity contribution in [2.24, 2.45) is 11.8 Å². The molecule has 3 saturated heterocycles. The van der Waals surface area contributed by atoms with Gasteiger partial charge in [-0.25, -0.2) is 15.0 Å². The quantitative estimate of drug-likeness (QED) is 0.123. The Labute approximate surface area is 379 Å². The van der Waals surface area contributed by atoms with Gasteiger partial charge in [-0.3, -0.25) is 24.5 Å². The van der Waals surface area contributed by atoms with E-state index in [1.54, 1.807) is 41.7 Å². The van der Waals surface area contributed by atoms with Gasteiger partial charge in [-0.05, 0) is 60.6 Å². The number of nitrogens with two attached hydrogens (primary N) is 1. The normalized spacial score (nSPS) is 19.8. The van der Waals surface area contributed by atoms with Crippen LogP contribution >= 0.6 is 22.7 Å². The smallest absolute Gasteiger partial charge is 0.489 e. The third-order valence-corrected chi connectivity index (χ3v) is 13.4. The molecule has 4 N–H and O–H groups in total. The maximum absolute atomic E-state index is 11.5. The molecule has 4 aromatic heterocycles. The summed E-state index contributed by atoms with van der Waals surface area (Å²) in [5, 5.41) is 5.63. The van der Waals surface area contributed by atoms with Gasteiger partial charge >= 0.3 is 17.2 Å². The highest BCUT2D eigenvalue weighted by Gasteiger charge is 2.52. The fraction of sp³-hybridized carbons (Fsp3) is 0.429. The second-order valence-corrected chi connectivity index (χ2v) is 20.1. The van der Waals surface area contributed by atoms with Crippen LogP contribution < -0.4 is 35.6 Å². The molecule has 0 spiro atoms. The molecule has 2 aromatic carbocycles. The van der Waals surface area contributed by atoms with E-state index < -0.39 is 17.2 Å². The van der Waals surface area contributed by atoms with Crippen LogP contribution in [-0.4, -0.2) is 100 Å². The molecule has 64 heavy (non-hydrogen) atoms. The van der Waals surface area contributed by atoms with E-state index in [9.17, 15) is 18.0 Å². The van der Waals surface area contributed by atoms with E-state index in [2.05, 4.69) is 40.5 Å². The average Bonchev–Trinajstić information content (AvgIpc) is 4.07. The molecule has 0 saturated carbocycles. The summed E-state index contributed by atoms with van der Waals surface area (Å²) in [4.78, 5) is 48.3. The first-order valence-corrected chi connectivity index (χ1v) is 24.0. The largest absolute Gasteiger partial charge is 0.516 e. The molecule has 0 aliphatic carbocycles. The van der Waals surface area contributed by atoms with E-state index >= 15 is 0 Å². The number of nitrogens with one attached hydrogen (secondary N) is 2. The maximum atomic E-state index is 11.5. The van der Waals surface area contributed by atoms with Crippen LogP contribution in [-0.2, 0) is 29.0 Å². The third-order valence-electron chi connectivity index (χ3n) is 11.2. The first-order valence-electron chi connectivity index (χ1n) is 20.5. The second kappa shape index (κ2) is 18.9. The maximum Gasteiger partial charge on any atom is 0.516 e. The van der Waals surface area contributed by atoms with E-state index in [4.69, 9.17) is 28.7 Å². The summed E-state index contributed by atoms with van der Waals surface area (Å²) >= 11 is 2.93. The Morgan fingerprint density at radius 2 is 1.34 bits per heavy atom. The number of thiazole rings is 2. The van der Waals surface area contributed by atoms with E-state index in [0.29, 0.717) is 48.7 Å². The summed E-state index contributed by atoms with van der Waals surface area (Å²) in [6, 6.07) is 6.99. The molecule has 18 nitrogen and oxygen atoms in total. The fourth-order valence-corrected chi connectivity index (χ4v) is 8.89. The Hall–Kier alpha value is -5.55. The third kappa shape index (κ3) is 11.2. The summed E-state index contributed by atoms with van der Waals surface area (Å²) < 4.78 is 53.3. The van der Waals surface area contributed by atoms with Crippen LogP contribution in [0.4, 0.5) is 5.82 Å². The molecule has 9 rings (SSSR count). The first kappa shape index (κ1) is 46.4. The molecule has 2 amide bonds. The number of rotatable bonds is 10. The van der Waals surface area contributed by atoms with Crippen molar-refractivity contribution in [1.29, 1.82) is 0 Å². The molecule has 3 aliphatic rings. The highest BCUT2D eigenvalue weighted by molar-refractivity contribution is 7.86. The molecular weight excluding hydrogens is 882 g/mol. The van der Waals surface area contributed by atoms with Crippen molar-refractivity contribution in [2.45, 2.75) is 84.7 Å². The predicted octanol–water partition coefficient (Wildman–Crippen LogP) is 4.86. The number of nitrogens with zero attached hydrogens (tertiary/aromatic N) is 6. The van der Waals surface area contributed by atoms with Gasteiger partial charge in [0.1, 0.15) is 35.3 Å². The zero-order valence-corrected chi connectivity index (χ0v) is 39.1. The summed E-state index contributed by atoms with van der Waals surface area (Å²) in [7, 11) is -4.05. The highest BCUT2D eigenvalue weighted by Crippen LogP contribution is 2.38. The topological polar surface area (TPSA) is 242 Å². The molecule has 6 aromatic rings. The zero-order valence-electron chi connectivity index (χ0n) is 36.6. The fourth-order valence-electron chi connectivity index (χ4n) is 6.99. The number of carbonyl (C=O) groups excluding carboxylic acids is 2. The van der Waals surface area contributed by atoms with E-state index in [1.807, 2.05) is 60.6 Å². The first-order chi connectivity index (χ1) is 30.2. The van der Waals surface area contributed by atoms with Crippen molar-refractivity contribution in [3.8, 4) is 28.5 Å². The number of hydrogen-bond donors (Lipinski definition) is 3. The Bertz CT molecular complexity index is 2750. The SMILES string of the molecule is C[C@@H](Oc1cc(-c2cncc(N)n2)cc2ncsc12)[C@H]1CNC(=O)C1.C[C@@H](Oc1cc(OS(C)(=O)=O)cc2ncsc12)[C@H]1CNC(=O)C1.Cc1cncc(B2OC(C)(C)C(C)(C)O2)n1. The molecule has 0 unspecified atom stereocenters. The molecule has 7 heterocycles. The number of hydrogen-bond acceptors (Lipinski definition) is 18. The minimum Gasteiger partial charge on any atom is -0.489 e. The second-order valence-electron chi connectivity index (χ2n) is 16.8. The molecule has 22 heteroatoms. The summed E-state index contributed by atoms with van der Waals surface area (Å²) in [6.07, 6.45) is 8.19. The van der Waals surface area contributed by atoms with Gasteiger partial charge < -0.3 is 39.3 Å². The van der Waals surface area contributed by atoms with Crippen molar-refractivity contribution in [3.05, 3.63) is 65.8 Å². The van der Waals surface area contributed by atoms with Gasteiger partial charge in [-0.1, -0.05) is 0 Å². The van der Waals surface area contributed by atoms with Gasteiger partial charge in [0.2, 0.25) is 11.8 Å². The van der Waals surface area contributed by atoms with E-state index in [1.165, 1.54) is 28.9 Å². The number of fused-ring (bicyclic) bond motifs is 2. The number of benzene rings is 2. The molecule has 3 aliphatic heterocycles. The van der Waals surface area contributed by atoms with Gasteiger partial charge in [-0.15, -0.1) is 22.7 Å². The average molecular weight is 932 g/mol. The van der Waals surface area contributed by atoms with Crippen LogP contribution in [0.2, 0.25) is 0 Å². The van der Waals surface area contributed by atoms with E-state index in [-0.39, 0.29) is 52.8 Å². The Balaban J connectivity index is 0.000000147. The lowest BCUT2D eigenvalue weighted by molar-refractivity contribution is -0.120. The Morgan fingerprint density at radius 3 is 1.86 bits per heavy atom. The minimum absolute atomic E-state index is 0.0162. The van der Waals surface area contributed by atoms with Crippen LogP contribution in [0.1, 0.15) is 60.1 Å². The van der Waals surface area contributed by atoms with Crippen LogP contribution in [0, 0.1) is 18.8 Å². The Kier molecular flexibility index (Phi) is 13.7. The number of amides is 2. The highest BCUT2D eigenvalue weighted by atomic mass is 32.2. The van der Waals surface area contributed by atoms with Crippen LogP contribution in [0.25, 0.3) is 31.7 Å². The number of anilines is 1. The van der Waals surface area contributed by atoms with Crippen molar-refractivity contribution in [2.75, 3.05) is 25.1 Å². The monoisotopic (exact) mass is 931 g/mol. The van der Waals surface area contributed by atoms with Gasteiger partial charge in [0.15, 0.2) is 0 Å². The van der Waals surface area contributed by atoms with Gasteiger partial charge in [0.05, 0.1) is 78.3 Å². The van der Waals surface area contributed by atoms with Crippen LogP contribution in [0.5, 0.6) is 17.2 Å². The van der Waals surface area contributed by atoms with Crippen molar-refractivity contribution in [3.63, 3.8) is 0 Å². The molecule has 4 atom stereocenters. The molecule has 0 bridgehead atoms. The molecule has 338 valence electrons. The molecular formula is C42H50BN9O9S3. The molecule has 3 fully saturated rings. The van der Waals surface area contributed by atoms with Crippen molar-refractivity contribution >= 4 is 83.6 Å². The van der Waals surface area contributed by atoms with E-state index in [0.717, 1.165) is 43.8 Å². The summed E-state index contributed by atoms with van der Waals surface area (Å²) in [6.45, 7) is 15.1. The number of aromatic nitrogens is 6. The number of carbonyl (C=O) groups is 2. The lowest BCUT2D eigenvalue weighted by Gasteiger charge is -2.32. The van der Waals surface area contributed by atoms with Crippen molar-refractivity contribution in [1.82, 2.24) is 40.5 Å². The zero-order chi connectivity index (χ0) is 46.0. The summed E-state index contributed by atoms with van der Waals surface area (Å²) in [5.74, 6) is 2.10. The predicted molar refractivity (Wildman–Crippen MR) is 245 cm³/mol. The number of ether oxygens (including phenoxy) is 2. The minimum atomic E-state index is -3.63. The number of aryl methyl sites for hydroxylation is 1. The lowest BCUT2D eigenvalue weighted by Crippen LogP contribution is -2.41. The van der Waals surface area contributed by atoms with Gasteiger partial charge in [0, 0.05) is 67.9 Å². The van der Waals surface area contributed by atoms with Crippen LogP contribution in [0.3, 0.4) is 0 Å². The van der Waals surface area contributed by atoms with Gasteiger partial charge in [-0.2, -0.15) is 8.42 Å². The lowest BCUT2D eigenvalue weighted by atomic mass is 9.85. The standard InChI is InChI=1S/C17H17N5O2S.C14H16N2O5S2.C11H17BN2O2/c1-9(11-4-16(23)20-5-11)24-14-3-10(2-12-17(14)25-8-21-12)13-6-19-7-15(18)22-13;1-8(9-3-13(17)15-6-9)20-12-5-10(21-23(2,18)19)4-11-14(12)22-7-16-11;1-8-6-13-7-9(14-8)12-15-10(2,3)11(4,5)16-12/h2-3,6-9,11H,4-5H2,1H3,(H2,18,22)(H,20,23);4-5,7-9H,3,6H2,1-2H3,(H,15,17);6-7H,1-5H3/t9-,11-;8-,9-;/m11./s1. The summed E-state index contributed by atoms with van der Waals surface area (Å²) in [5.41, 5.74) is 13.1. The van der Waals surface area contributed by atoms with Gasteiger partial charge in [0.25, 0.3) is 0 Å².